The Kier molecular flexibility index (Phi) is 4.50. The van der Waals surface area contributed by atoms with Gasteiger partial charge in [-0.05, 0) is 46.3 Å². The van der Waals surface area contributed by atoms with Crippen molar-refractivity contribution >= 4 is 45.1 Å². The van der Waals surface area contributed by atoms with Gasteiger partial charge in [0.15, 0.2) is 5.75 Å². The molecule has 0 heterocycles. The third-order valence-corrected chi connectivity index (χ3v) is 3.91. The number of carboxylic acids is 1. The highest BCUT2D eigenvalue weighted by molar-refractivity contribution is 9.10. The highest BCUT2D eigenvalue weighted by Crippen LogP contribution is 2.28. The van der Waals surface area contributed by atoms with E-state index >= 15 is 0 Å². The number of para-hydroxylation sites is 1. The first-order valence-electron chi connectivity index (χ1n) is 5.72. The van der Waals surface area contributed by atoms with Crippen LogP contribution in [0.3, 0.4) is 0 Å². The monoisotopic (exact) mass is 369 g/mol. The molecule has 108 valence electrons. The molecule has 0 saturated heterocycles. The summed E-state index contributed by atoms with van der Waals surface area (Å²) in [6.07, 6.45) is 0. The summed E-state index contributed by atoms with van der Waals surface area (Å²) in [6.45, 7) is 0. The third kappa shape index (κ3) is 3.34. The smallest absolute Gasteiger partial charge is 0.339 e. The Morgan fingerprint density at radius 1 is 1.19 bits per heavy atom. The largest absolute Gasteiger partial charge is 0.505 e. The number of hydrogen-bond acceptors (Lipinski definition) is 3. The van der Waals surface area contributed by atoms with Gasteiger partial charge >= 0.3 is 5.97 Å². The van der Waals surface area contributed by atoms with Crippen LogP contribution in [-0.2, 0) is 0 Å². The Hall–Kier alpha value is -2.05. The van der Waals surface area contributed by atoms with Crippen LogP contribution < -0.4 is 5.32 Å². The van der Waals surface area contributed by atoms with Gasteiger partial charge in [-0.25, -0.2) is 4.79 Å². The van der Waals surface area contributed by atoms with E-state index in [0.29, 0.717) is 15.1 Å². The fourth-order valence-corrected chi connectivity index (χ4v) is 2.15. The molecule has 0 atom stereocenters. The standard InChI is InChI=1S/C14H9BrClNO4/c15-9-6-7(4-5-10(9)16)13(19)17-11-3-1-2-8(12(11)18)14(20)21/h1-6,18H,(H,17,19)(H,20,21). The first-order valence-corrected chi connectivity index (χ1v) is 6.89. The number of halogens is 2. The summed E-state index contributed by atoms with van der Waals surface area (Å²) in [5.41, 5.74) is 0.0439. The normalized spacial score (nSPS) is 10.2. The number of carboxylic acid groups (broad SMARTS) is 1. The summed E-state index contributed by atoms with van der Waals surface area (Å²) in [7, 11) is 0. The van der Waals surface area contributed by atoms with Crippen LogP contribution in [0.4, 0.5) is 5.69 Å². The molecular weight excluding hydrogens is 362 g/mol. The van der Waals surface area contributed by atoms with Gasteiger partial charge in [0.1, 0.15) is 5.56 Å². The van der Waals surface area contributed by atoms with Gasteiger partial charge in [-0.1, -0.05) is 17.7 Å². The van der Waals surface area contributed by atoms with Crippen molar-refractivity contribution in [2.75, 3.05) is 5.32 Å². The van der Waals surface area contributed by atoms with E-state index in [-0.39, 0.29) is 11.3 Å². The van der Waals surface area contributed by atoms with E-state index in [2.05, 4.69) is 21.2 Å². The minimum absolute atomic E-state index is 0.0194. The quantitative estimate of drug-likeness (QED) is 0.718. The summed E-state index contributed by atoms with van der Waals surface area (Å²) >= 11 is 9.05. The van der Waals surface area contributed by atoms with E-state index in [1.807, 2.05) is 0 Å². The molecule has 1 amide bonds. The molecule has 0 radical (unpaired) electrons. The zero-order valence-corrected chi connectivity index (χ0v) is 12.8. The molecule has 3 N–H and O–H groups in total. The van der Waals surface area contributed by atoms with Crippen LogP contribution in [0.5, 0.6) is 5.75 Å². The van der Waals surface area contributed by atoms with E-state index in [1.54, 1.807) is 6.07 Å². The predicted molar refractivity (Wildman–Crippen MR) is 82.2 cm³/mol. The molecule has 0 aromatic heterocycles. The van der Waals surface area contributed by atoms with E-state index < -0.39 is 17.6 Å². The van der Waals surface area contributed by atoms with Crippen LogP contribution in [-0.4, -0.2) is 22.1 Å². The van der Waals surface area contributed by atoms with Crippen molar-refractivity contribution in [1.82, 2.24) is 0 Å². The van der Waals surface area contributed by atoms with Crippen LogP contribution in [0.2, 0.25) is 5.02 Å². The molecule has 5 nitrogen and oxygen atoms in total. The predicted octanol–water partition coefficient (Wildman–Crippen LogP) is 3.76. The summed E-state index contributed by atoms with van der Waals surface area (Å²) in [4.78, 5) is 23.0. The average molecular weight is 371 g/mol. The molecule has 2 aromatic carbocycles. The van der Waals surface area contributed by atoms with Gasteiger partial charge in [0, 0.05) is 10.0 Å². The van der Waals surface area contributed by atoms with Crippen LogP contribution in [0.25, 0.3) is 0 Å². The maximum atomic E-state index is 12.1. The number of amides is 1. The average Bonchev–Trinajstić information content (AvgIpc) is 2.43. The number of nitrogens with one attached hydrogen (secondary N) is 1. The lowest BCUT2D eigenvalue weighted by Crippen LogP contribution is -2.12. The SMILES string of the molecule is O=C(Nc1cccc(C(=O)O)c1O)c1ccc(Cl)c(Br)c1. The Morgan fingerprint density at radius 2 is 1.90 bits per heavy atom. The minimum atomic E-state index is -1.28. The highest BCUT2D eigenvalue weighted by Gasteiger charge is 2.15. The van der Waals surface area contributed by atoms with Crippen molar-refractivity contribution < 1.29 is 19.8 Å². The Morgan fingerprint density at radius 3 is 2.52 bits per heavy atom. The van der Waals surface area contributed by atoms with Gasteiger partial charge in [0.25, 0.3) is 5.91 Å². The molecule has 0 aliphatic heterocycles. The fraction of sp³-hybridized carbons (Fsp3) is 0. The molecule has 0 spiro atoms. The van der Waals surface area contributed by atoms with Crippen molar-refractivity contribution in [3.8, 4) is 5.75 Å². The lowest BCUT2D eigenvalue weighted by Gasteiger charge is -2.09. The van der Waals surface area contributed by atoms with E-state index in [4.69, 9.17) is 16.7 Å². The number of rotatable bonds is 3. The second-order valence-corrected chi connectivity index (χ2v) is 5.35. The molecule has 2 aromatic rings. The van der Waals surface area contributed by atoms with Gasteiger partial charge in [-0.2, -0.15) is 0 Å². The maximum Gasteiger partial charge on any atom is 0.339 e. The number of carbonyl (C=O) groups is 2. The number of phenols is 1. The summed E-state index contributed by atoms with van der Waals surface area (Å²) in [5, 5.41) is 21.7. The second kappa shape index (κ2) is 6.15. The molecule has 0 fully saturated rings. The Labute approximate surface area is 133 Å². The van der Waals surface area contributed by atoms with Crippen LogP contribution in [0.15, 0.2) is 40.9 Å². The van der Waals surface area contributed by atoms with Crippen molar-refractivity contribution in [2.24, 2.45) is 0 Å². The molecule has 2 rings (SSSR count). The zero-order valence-electron chi connectivity index (χ0n) is 10.4. The van der Waals surface area contributed by atoms with Gasteiger partial charge in [-0.3, -0.25) is 4.79 Å². The van der Waals surface area contributed by atoms with Gasteiger partial charge < -0.3 is 15.5 Å². The molecule has 0 aliphatic carbocycles. The number of hydrogen-bond donors (Lipinski definition) is 3. The topological polar surface area (TPSA) is 86.6 Å². The number of aromatic hydroxyl groups is 1. The van der Waals surface area contributed by atoms with Crippen molar-refractivity contribution in [1.29, 1.82) is 0 Å². The van der Waals surface area contributed by atoms with E-state index in [1.165, 1.54) is 30.3 Å². The summed E-state index contributed by atoms with van der Waals surface area (Å²) < 4.78 is 0.556. The van der Waals surface area contributed by atoms with Crippen molar-refractivity contribution in [3.05, 3.63) is 57.0 Å². The Bertz CT molecular complexity index is 733. The van der Waals surface area contributed by atoms with E-state index in [9.17, 15) is 14.7 Å². The number of benzene rings is 2. The molecular formula is C14H9BrClNO4. The molecule has 0 unspecified atom stereocenters. The van der Waals surface area contributed by atoms with Gasteiger partial charge in [0.2, 0.25) is 0 Å². The van der Waals surface area contributed by atoms with Crippen molar-refractivity contribution in [3.63, 3.8) is 0 Å². The van der Waals surface area contributed by atoms with Crippen LogP contribution in [0, 0.1) is 0 Å². The van der Waals surface area contributed by atoms with Crippen LogP contribution >= 0.6 is 27.5 Å². The molecule has 0 saturated carbocycles. The third-order valence-electron chi connectivity index (χ3n) is 2.70. The Balaban J connectivity index is 2.29. The van der Waals surface area contributed by atoms with Gasteiger partial charge in [-0.15, -0.1) is 0 Å². The maximum absolute atomic E-state index is 12.1. The van der Waals surface area contributed by atoms with Gasteiger partial charge in [0.05, 0.1) is 10.7 Å². The molecule has 7 heteroatoms. The fourth-order valence-electron chi connectivity index (χ4n) is 1.65. The molecule has 21 heavy (non-hydrogen) atoms. The highest BCUT2D eigenvalue weighted by atomic mass is 79.9. The lowest BCUT2D eigenvalue weighted by molar-refractivity contribution is 0.0693. The number of anilines is 1. The van der Waals surface area contributed by atoms with E-state index in [0.717, 1.165) is 0 Å². The minimum Gasteiger partial charge on any atom is -0.505 e. The summed E-state index contributed by atoms with van der Waals surface area (Å²) in [6, 6.07) is 8.66. The number of aromatic carboxylic acids is 1. The lowest BCUT2D eigenvalue weighted by atomic mass is 10.1. The molecule has 0 aliphatic rings. The number of carbonyl (C=O) groups excluding carboxylic acids is 1. The molecule has 0 bridgehead atoms. The first-order chi connectivity index (χ1) is 9.90. The first kappa shape index (κ1) is 15.3. The second-order valence-electron chi connectivity index (χ2n) is 4.09. The zero-order chi connectivity index (χ0) is 15.6. The summed E-state index contributed by atoms with van der Waals surface area (Å²) in [5.74, 6) is -2.27. The van der Waals surface area contributed by atoms with Crippen molar-refractivity contribution in [2.45, 2.75) is 0 Å². The van der Waals surface area contributed by atoms with Crippen LogP contribution in [0.1, 0.15) is 20.7 Å².